The summed E-state index contributed by atoms with van der Waals surface area (Å²) in [7, 11) is 0. The molecule has 0 saturated carbocycles. The summed E-state index contributed by atoms with van der Waals surface area (Å²) in [4.78, 5) is 20.6. The van der Waals surface area contributed by atoms with E-state index in [1.807, 2.05) is 0 Å². The lowest BCUT2D eigenvalue weighted by atomic mass is 10.2. The predicted molar refractivity (Wildman–Crippen MR) is 33.1 cm³/mol. The van der Waals surface area contributed by atoms with Crippen LogP contribution in [-0.4, -0.2) is 35.3 Å². The molecule has 0 radical (unpaired) electrons. The topological polar surface area (TPSA) is 72.8 Å². The Labute approximate surface area is 66.8 Å². The van der Waals surface area contributed by atoms with Crippen molar-refractivity contribution in [1.82, 2.24) is 0 Å². The first-order valence-corrected chi connectivity index (χ1v) is 3.20. The second-order valence-corrected chi connectivity index (χ2v) is 2.34. The van der Waals surface area contributed by atoms with Crippen LogP contribution in [0.5, 0.6) is 0 Å². The van der Waals surface area contributed by atoms with Crippen LogP contribution >= 0.6 is 11.6 Å². The molecular formula is C5H5ClO5. The number of carbonyl (C=O) groups is 2. The molecule has 1 saturated heterocycles. The van der Waals surface area contributed by atoms with Crippen molar-refractivity contribution in [2.45, 2.75) is 12.2 Å². The van der Waals surface area contributed by atoms with Crippen molar-refractivity contribution in [1.29, 1.82) is 0 Å². The second kappa shape index (κ2) is 3.06. The summed E-state index contributed by atoms with van der Waals surface area (Å²) in [5.74, 6) is 0. The maximum absolute atomic E-state index is 10.3. The van der Waals surface area contributed by atoms with Crippen LogP contribution in [-0.2, 0) is 14.3 Å². The van der Waals surface area contributed by atoms with Gasteiger partial charge in [-0.15, -0.1) is 0 Å². The van der Waals surface area contributed by atoms with Gasteiger partial charge >= 0.3 is 6.16 Å². The molecule has 0 aromatic carbocycles. The number of cyclic esters (lactones) is 2. The Morgan fingerprint density at radius 3 is 2.82 bits per heavy atom. The third-order valence-electron chi connectivity index (χ3n) is 1.20. The van der Waals surface area contributed by atoms with Crippen molar-refractivity contribution in [3.8, 4) is 0 Å². The van der Waals surface area contributed by atoms with Gasteiger partial charge in [-0.2, -0.15) is 0 Å². The molecule has 0 bridgehead atoms. The average Bonchev–Trinajstić information content (AvgIpc) is 2.34. The van der Waals surface area contributed by atoms with E-state index in [1.54, 1.807) is 0 Å². The lowest BCUT2D eigenvalue weighted by Crippen LogP contribution is -2.32. The highest BCUT2D eigenvalue weighted by atomic mass is 35.5. The van der Waals surface area contributed by atoms with Crippen molar-refractivity contribution >= 4 is 23.0 Å². The Hall–Kier alpha value is -0.810. The minimum Gasteiger partial charge on any atom is -0.430 e. The number of hydrogen-bond donors (Lipinski definition) is 1. The minimum atomic E-state index is -1.50. The van der Waals surface area contributed by atoms with Crippen LogP contribution < -0.4 is 0 Å². The number of carbonyl (C=O) groups excluding carboxylic acids is 2. The summed E-state index contributed by atoms with van der Waals surface area (Å²) < 4.78 is 8.67. The van der Waals surface area contributed by atoms with Gasteiger partial charge in [0.25, 0.3) is 5.24 Å². The van der Waals surface area contributed by atoms with E-state index in [1.165, 1.54) is 0 Å². The van der Waals surface area contributed by atoms with E-state index in [0.717, 1.165) is 0 Å². The Morgan fingerprint density at radius 1 is 1.82 bits per heavy atom. The zero-order valence-corrected chi connectivity index (χ0v) is 6.08. The van der Waals surface area contributed by atoms with Gasteiger partial charge in [0.2, 0.25) is 0 Å². The molecule has 2 unspecified atom stereocenters. The van der Waals surface area contributed by atoms with Gasteiger partial charge in [0.05, 0.1) is 0 Å². The first kappa shape index (κ1) is 8.29. The highest BCUT2D eigenvalue weighted by molar-refractivity contribution is 6.64. The van der Waals surface area contributed by atoms with Gasteiger partial charge in [-0.25, -0.2) is 4.79 Å². The average molecular weight is 181 g/mol. The SMILES string of the molecule is O=C1OCC(C(O)C(=O)Cl)O1. The summed E-state index contributed by atoms with van der Waals surface area (Å²) >= 11 is 4.92. The third-order valence-corrected chi connectivity index (χ3v) is 1.42. The molecule has 2 atom stereocenters. The molecule has 1 heterocycles. The van der Waals surface area contributed by atoms with Crippen LogP contribution in [0.25, 0.3) is 0 Å². The largest absolute Gasteiger partial charge is 0.508 e. The van der Waals surface area contributed by atoms with Crippen molar-refractivity contribution < 1.29 is 24.2 Å². The van der Waals surface area contributed by atoms with E-state index in [2.05, 4.69) is 9.47 Å². The predicted octanol–water partition coefficient (Wildman–Crippen LogP) is -0.352. The maximum atomic E-state index is 10.3. The number of halogens is 1. The molecule has 0 aliphatic carbocycles. The number of ether oxygens (including phenoxy) is 2. The smallest absolute Gasteiger partial charge is 0.430 e. The van der Waals surface area contributed by atoms with Crippen LogP contribution in [0.4, 0.5) is 4.79 Å². The summed E-state index contributed by atoms with van der Waals surface area (Å²) in [6, 6.07) is 0. The molecule has 11 heavy (non-hydrogen) atoms. The molecule has 6 heteroatoms. The molecule has 0 aromatic heterocycles. The molecule has 0 spiro atoms. The van der Waals surface area contributed by atoms with Crippen LogP contribution in [0, 0.1) is 0 Å². The summed E-state index contributed by atoms with van der Waals surface area (Å²) in [5.41, 5.74) is 0. The van der Waals surface area contributed by atoms with Crippen molar-refractivity contribution in [3.05, 3.63) is 0 Å². The van der Waals surface area contributed by atoms with E-state index in [-0.39, 0.29) is 6.61 Å². The van der Waals surface area contributed by atoms with Crippen molar-refractivity contribution in [3.63, 3.8) is 0 Å². The fourth-order valence-corrected chi connectivity index (χ4v) is 0.784. The summed E-state index contributed by atoms with van der Waals surface area (Å²) in [6.45, 7) is -0.140. The van der Waals surface area contributed by atoms with E-state index in [0.29, 0.717) is 0 Å². The molecule has 5 nitrogen and oxygen atoms in total. The molecule has 0 aromatic rings. The molecule has 1 rings (SSSR count). The first-order chi connectivity index (χ1) is 5.11. The normalized spacial score (nSPS) is 25.6. The van der Waals surface area contributed by atoms with Gasteiger partial charge in [-0.3, -0.25) is 4.79 Å². The number of rotatable bonds is 2. The van der Waals surface area contributed by atoms with Crippen molar-refractivity contribution in [2.24, 2.45) is 0 Å². The van der Waals surface area contributed by atoms with Gasteiger partial charge < -0.3 is 14.6 Å². The second-order valence-electron chi connectivity index (χ2n) is 1.97. The summed E-state index contributed by atoms with van der Waals surface area (Å²) in [5, 5.41) is 7.94. The molecular weight excluding hydrogens is 176 g/mol. The molecule has 0 amide bonds. The van der Waals surface area contributed by atoms with Crippen LogP contribution in [0.2, 0.25) is 0 Å². The Balaban J connectivity index is 2.49. The van der Waals surface area contributed by atoms with Gasteiger partial charge in [0.15, 0.2) is 12.2 Å². The minimum absolute atomic E-state index is 0.140. The monoisotopic (exact) mass is 180 g/mol. The van der Waals surface area contributed by atoms with Gasteiger partial charge in [-0.1, -0.05) is 0 Å². The molecule has 62 valence electrons. The zero-order valence-electron chi connectivity index (χ0n) is 5.32. The molecule has 1 aliphatic heterocycles. The molecule has 1 N–H and O–H groups in total. The van der Waals surface area contributed by atoms with Gasteiger partial charge in [0, 0.05) is 0 Å². The standard InChI is InChI=1S/C5H5ClO5/c6-4(8)3(7)2-1-10-5(9)11-2/h2-3,7H,1H2. The third kappa shape index (κ3) is 1.81. The quantitative estimate of drug-likeness (QED) is 0.465. The van der Waals surface area contributed by atoms with E-state index >= 15 is 0 Å². The Kier molecular flexibility index (Phi) is 2.31. The zero-order chi connectivity index (χ0) is 8.43. The fraction of sp³-hybridized carbons (Fsp3) is 0.600. The van der Waals surface area contributed by atoms with E-state index in [4.69, 9.17) is 16.7 Å². The first-order valence-electron chi connectivity index (χ1n) is 2.82. The highest BCUT2D eigenvalue weighted by Gasteiger charge is 2.34. The van der Waals surface area contributed by atoms with Crippen LogP contribution in [0.3, 0.4) is 0 Å². The molecule has 1 fully saturated rings. The maximum Gasteiger partial charge on any atom is 0.508 e. The van der Waals surface area contributed by atoms with E-state index < -0.39 is 23.6 Å². The lowest BCUT2D eigenvalue weighted by molar-refractivity contribution is -0.123. The van der Waals surface area contributed by atoms with E-state index in [9.17, 15) is 9.59 Å². The van der Waals surface area contributed by atoms with Crippen LogP contribution in [0.15, 0.2) is 0 Å². The summed E-state index contributed by atoms with van der Waals surface area (Å²) in [6.07, 6.45) is -3.36. The molecule has 1 aliphatic rings. The Morgan fingerprint density at radius 2 is 2.45 bits per heavy atom. The fourth-order valence-electron chi connectivity index (χ4n) is 0.644. The van der Waals surface area contributed by atoms with Crippen LogP contribution in [0.1, 0.15) is 0 Å². The number of hydrogen-bond acceptors (Lipinski definition) is 5. The lowest BCUT2D eigenvalue weighted by Gasteiger charge is -2.08. The van der Waals surface area contributed by atoms with Gasteiger partial charge in [-0.05, 0) is 11.6 Å². The Bertz CT molecular complexity index is 191. The number of aliphatic hydroxyl groups excluding tert-OH is 1. The number of aliphatic hydroxyl groups is 1. The highest BCUT2D eigenvalue weighted by Crippen LogP contribution is 2.11. The van der Waals surface area contributed by atoms with Gasteiger partial charge in [0.1, 0.15) is 6.61 Å². The van der Waals surface area contributed by atoms with Crippen molar-refractivity contribution in [2.75, 3.05) is 6.61 Å².